The van der Waals surface area contributed by atoms with E-state index in [2.05, 4.69) is 49.4 Å². The fourth-order valence-electron chi connectivity index (χ4n) is 3.21. The zero-order valence-corrected chi connectivity index (χ0v) is 14.9. The predicted octanol–water partition coefficient (Wildman–Crippen LogP) is 5.21. The first-order valence-electron chi connectivity index (χ1n) is 8.53. The highest BCUT2D eigenvalue weighted by atomic mass is 16.6. The van der Waals surface area contributed by atoms with E-state index in [9.17, 15) is 4.79 Å². The van der Waals surface area contributed by atoms with Crippen LogP contribution < -0.4 is 0 Å². The Balaban J connectivity index is 1.84. The van der Waals surface area contributed by atoms with Crippen LogP contribution in [0.5, 0.6) is 0 Å². The first-order valence-corrected chi connectivity index (χ1v) is 8.53. The van der Waals surface area contributed by atoms with E-state index in [1.807, 2.05) is 31.7 Å². The van der Waals surface area contributed by atoms with Gasteiger partial charge in [0.1, 0.15) is 5.60 Å². The maximum atomic E-state index is 12.4. The van der Waals surface area contributed by atoms with Crippen LogP contribution >= 0.6 is 0 Å². The molecule has 1 aliphatic rings. The minimum absolute atomic E-state index is 0.0356. The number of carbonyl (C=O) groups is 1. The first kappa shape index (κ1) is 16.6. The third-order valence-electron chi connectivity index (χ3n) is 4.42. The number of amides is 1. The van der Waals surface area contributed by atoms with Crippen molar-refractivity contribution >= 4 is 6.09 Å². The molecule has 3 heteroatoms. The van der Waals surface area contributed by atoms with Crippen molar-refractivity contribution in [2.24, 2.45) is 0 Å². The van der Waals surface area contributed by atoms with Gasteiger partial charge in [0.05, 0.1) is 6.04 Å². The lowest BCUT2D eigenvalue weighted by Gasteiger charge is -2.36. The molecule has 3 nitrogen and oxygen atoms in total. The summed E-state index contributed by atoms with van der Waals surface area (Å²) in [4.78, 5) is 14.3. The second-order valence-corrected chi connectivity index (χ2v) is 7.38. The first-order chi connectivity index (χ1) is 11.3. The number of ether oxygens (including phenoxy) is 1. The fraction of sp³-hybridized carbons (Fsp3) is 0.381. The number of nitrogens with zero attached hydrogens (tertiary/aromatic N) is 1. The summed E-state index contributed by atoms with van der Waals surface area (Å²) in [5, 5.41) is 0. The molecule has 0 bridgehead atoms. The standard InChI is InChI=1S/C21H25NO2/c1-15-19-11-10-17(16-8-6-5-7-9-16)14-18(19)12-13-22(15)20(23)24-21(2,3)4/h5-11,14-15H,12-13H2,1-4H3. The zero-order chi connectivity index (χ0) is 17.3. The molecule has 0 fully saturated rings. The molecule has 24 heavy (non-hydrogen) atoms. The van der Waals surface area contributed by atoms with Crippen LogP contribution in [-0.4, -0.2) is 23.1 Å². The van der Waals surface area contributed by atoms with Crippen molar-refractivity contribution in [3.63, 3.8) is 0 Å². The maximum Gasteiger partial charge on any atom is 0.410 e. The van der Waals surface area contributed by atoms with Gasteiger partial charge in [-0.1, -0.05) is 48.5 Å². The van der Waals surface area contributed by atoms with E-state index in [1.165, 1.54) is 22.3 Å². The van der Waals surface area contributed by atoms with Crippen molar-refractivity contribution in [2.45, 2.75) is 45.8 Å². The van der Waals surface area contributed by atoms with Crippen LogP contribution in [0.4, 0.5) is 4.79 Å². The number of hydrogen-bond acceptors (Lipinski definition) is 2. The van der Waals surface area contributed by atoms with Crippen molar-refractivity contribution in [3.8, 4) is 11.1 Å². The lowest BCUT2D eigenvalue weighted by atomic mass is 9.90. The summed E-state index contributed by atoms with van der Waals surface area (Å²) in [5.74, 6) is 0. The van der Waals surface area contributed by atoms with Crippen molar-refractivity contribution in [3.05, 3.63) is 59.7 Å². The molecule has 0 saturated carbocycles. The molecule has 1 atom stereocenters. The lowest BCUT2D eigenvalue weighted by molar-refractivity contribution is 0.0160. The minimum Gasteiger partial charge on any atom is -0.444 e. The van der Waals surface area contributed by atoms with Gasteiger partial charge in [-0.2, -0.15) is 0 Å². The van der Waals surface area contributed by atoms with Crippen LogP contribution in [0.15, 0.2) is 48.5 Å². The van der Waals surface area contributed by atoms with Gasteiger partial charge in [-0.3, -0.25) is 0 Å². The van der Waals surface area contributed by atoms with E-state index in [0.717, 1.165) is 6.42 Å². The summed E-state index contributed by atoms with van der Waals surface area (Å²) in [7, 11) is 0. The highest BCUT2D eigenvalue weighted by Gasteiger charge is 2.31. The van der Waals surface area contributed by atoms with Crippen molar-refractivity contribution in [1.82, 2.24) is 4.90 Å². The van der Waals surface area contributed by atoms with Crippen molar-refractivity contribution < 1.29 is 9.53 Å². The molecule has 0 saturated heterocycles. The SMILES string of the molecule is CC1c2ccc(-c3ccccc3)cc2CCN1C(=O)OC(C)(C)C. The Bertz CT molecular complexity index is 731. The number of benzene rings is 2. The third kappa shape index (κ3) is 3.45. The number of rotatable bonds is 1. The smallest absolute Gasteiger partial charge is 0.410 e. The Labute approximate surface area is 144 Å². The second kappa shape index (κ2) is 6.31. The average Bonchev–Trinajstić information content (AvgIpc) is 2.54. The minimum atomic E-state index is -0.464. The summed E-state index contributed by atoms with van der Waals surface area (Å²) in [6, 6.07) is 17.0. The maximum absolute atomic E-state index is 12.4. The molecular formula is C21H25NO2. The van der Waals surface area contributed by atoms with Crippen molar-refractivity contribution in [2.75, 3.05) is 6.54 Å². The van der Waals surface area contributed by atoms with Crippen molar-refractivity contribution in [1.29, 1.82) is 0 Å². The van der Waals surface area contributed by atoms with Crippen LogP contribution in [0, 0.1) is 0 Å². The van der Waals surface area contributed by atoms with Gasteiger partial charge in [0.2, 0.25) is 0 Å². The molecule has 0 aromatic heterocycles. The average molecular weight is 323 g/mol. The number of fused-ring (bicyclic) bond motifs is 1. The molecule has 1 amide bonds. The third-order valence-corrected chi connectivity index (χ3v) is 4.42. The molecule has 0 radical (unpaired) electrons. The van der Waals surface area contributed by atoms with Crippen LogP contribution in [0.1, 0.15) is 44.9 Å². The van der Waals surface area contributed by atoms with E-state index in [4.69, 9.17) is 4.74 Å². The van der Waals surface area contributed by atoms with E-state index in [-0.39, 0.29) is 12.1 Å². The Morgan fingerprint density at radius 3 is 2.46 bits per heavy atom. The van der Waals surface area contributed by atoms with Gasteiger partial charge in [-0.05, 0) is 56.4 Å². The van der Waals surface area contributed by atoms with Crippen LogP contribution in [0.3, 0.4) is 0 Å². The van der Waals surface area contributed by atoms with Crippen LogP contribution in [-0.2, 0) is 11.2 Å². The van der Waals surface area contributed by atoms with E-state index in [0.29, 0.717) is 6.54 Å². The summed E-state index contributed by atoms with van der Waals surface area (Å²) < 4.78 is 5.54. The highest BCUT2D eigenvalue weighted by Crippen LogP contribution is 2.33. The number of hydrogen-bond donors (Lipinski definition) is 0. The Hall–Kier alpha value is -2.29. The Morgan fingerprint density at radius 1 is 1.08 bits per heavy atom. The second-order valence-electron chi connectivity index (χ2n) is 7.38. The van der Waals surface area contributed by atoms with Gasteiger partial charge in [0.15, 0.2) is 0 Å². The fourth-order valence-corrected chi connectivity index (χ4v) is 3.21. The predicted molar refractivity (Wildman–Crippen MR) is 96.9 cm³/mol. The van der Waals surface area contributed by atoms with Gasteiger partial charge in [0.25, 0.3) is 0 Å². The molecule has 2 aromatic rings. The lowest BCUT2D eigenvalue weighted by Crippen LogP contribution is -2.42. The number of carbonyl (C=O) groups excluding carboxylic acids is 1. The Kier molecular flexibility index (Phi) is 4.35. The monoisotopic (exact) mass is 323 g/mol. The summed E-state index contributed by atoms with van der Waals surface area (Å²) >= 11 is 0. The molecule has 126 valence electrons. The summed E-state index contributed by atoms with van der Waals surface area (Å²) in [5.41, 5.74) is 4.53. The molecule has 1 heterocycles. The van der Waals surface area contributed by atoms with Gasteiger partial charge >= 0.3 is 6.09 Å². The van der Waals surface area contributed by atoms with E-state index < -0.39 is 5.60 Å². The van der Waals surface area contributed by atoms with Gasteiger partial charge < -0.3 is 9.64 Å². The summed E-state index contributed by atoms with van der Waals surface area (Å²) in [6.07, 6.45) is 0.632. The topological polar surface area (TPSA) is 29.5 Å². The molecular weight excluding hydrogens is 298 g/mol. The van der Waals surface area contributed by atoms with Gasteiger partial charge in [-0.25, -0.2) is 4.79 Å². The molecule has 0 aliphatic carbocycles. The molecule has 2 aromatic carbocycles. The molecule has 1 aliphatic heterocycles. The zero-order valence-electron chi connectivity index (χ0n) is 14.9. The molecule has 0 N–H and O–H groups in total. The largest absolute Gasteiger partial charge is 0.444 e. The molecule has 0 spiro atoms. The quantitative estimate of drug-likeness (QED) is 0.721. The van der Waals surface area contributed by atoms with Crippen LogP contribution in [0.25, 0.3) is 11.1 Å². The molecule has 3 rings (SSSR count). The van der Waals surface area contributed by atoms with Gasteiger partial charge in [0, 0.05) is 6.54 Å². The summed E-state index contributed by atoms with van der Waals surface area (Å²) in [6.45, 7) is 8.48. The van der Waals surface area contributed by atoms with Gasteiger partial charge in [-0.15, -0.1) is 0 Å². The Morgan fingerprint density at radius 2 is 1.79 bits per heavy atom. The highest BCUT2D eigenvalue weighted by molar-refractivity contribution is 5.70. The van der Waals surface area contributed by atoms with E-state index in [1.54, 1.807) is 0 Å². The normalized spacial score (nSPS) is 17.3. The van der Waals surface area contributed by atoms with Crippen LogP contribution in [0.2, 0.25) is 0 Å². The molecule has 1 unspecified atom stereocenters. The van der Waals surface area contributed by atoms with E-state index >= 15 is 0 Å².